The van der Waals surface area contributed by atoms with Crippen molar-refractivity contribution in [3.05, 3.63) is 70.3 Å². The molecular weight excluding hydrogens is 582 g/mol. The first-order valence-electron chi connectivity index (χ1n) is 15.5. The molecule has 2 aliphatic rings. The summed E-state index contributed by atoms with van der Waals surface area (Å²) in [5, 5.41) is 0.480. The van der Waals surface area contributed by atoms with Crippen molar-refractivity contribution in [2.75, 3.05) is 31.7 Å². The smallest absolute Gasteiger partial charge is 0.263 e. The van der Waals surface area contributed by atoms with Gasteiger partial charge in [-0.1, -0.05) is 57.9 Å². The summed E-state index contributed by atoms with van der Waals surface area (Å²) >= 11 is 6.41. The molecule has 0 aliphatic carbocycles. The summed E-state index contributed by atoms with van der Waals surface area (Å²) in [5.41, 5.74) is 9.77. The number of fused-ring (bicyclic) bond motifs is 1. The second-order valence-electron chi connectivity index (χ2n) is 12.3. The molecule has 0 aromatic heterocycles. The summed E-state index contributed by atoms with van der Waals surface area (Å²) in [7, 11) is 0.112. The molecule has 2 aromatic rings. The molecule has 7 atom stereocenters. The van der Waals surface area contributed by atoms with Gasteiger partial charge < -0.3 is 14.4 Å². The maximum atomic E-state index is 13.3. The van der Waals surface area contributed by atoms with Gasteiger partial charge in [-0.25, -0.2) is 4.21 Å². The molecule has 2 bridgehead atoms. The van der Waals surface area contributed by atoms with Crippen molar-refractivity contribution < 1.29 is 18.5 Å². The van der Waals surface area contributed by atoms with Gasteiger partial charge in [0.25, 0.3) is 5.91 Å². The maximum absolute atomic E-state index is 13.3. The van der Waals surface area contributed by atoms with Crippen molar-refractivity contribution in [1.29, 1.82) is 0 Å². The lowest BCUT2D eigenvalue weighted by molar-refractivity contribution is -0.0329. The van der Waals surface area contributed by atoms with Crippen LogP contribution in [0.4, 0.5) is 5.69 Å². The highest BCUT2D eigenvalue weighted by atomic mass is 35.5. The minimum absolute atomic E-state index is 0.0206. The molecule has 0 spiro atoms. The second-order valence-corrected chi connectivity index (χ2v) is 14.3. The van der Waals surface area contributed by atoms with Gasteiger partial charge in [0.05, 0.1) is 17.5 Å². The number of nitrogens with zero attached hydrogens (tertiary/aromatic N) is 1. The van der Waals surface area contributed by atoms with Crippen LogP contribution in [0.5, 0.6) is 5.75 Å². The number of methoxy groups -OCH3 is 1. The number of nitrogens with two attached hydrogens (primary N) is 1. The zero-order valence-corrected chi connectivity index (χ0v) is 28.0. The van der Waals surface area contributed by atoms with E-state index in [1.807, 2.05) is 44.2 Å². The minimum Gasteiger partial charge on any atom is -0.491 e. The molecule has 7 nitrogen and oxygen atoms in total. The molecule has 4 rings (SSSR count). The molecule has 6 unspecified atom stereocenters. The van der Waals surface area contributed by atoms with E-state index in [1.54, 1.807) is 13.2 Å². The fraction of sp³-hybridized carbons (Fsp3) is 0.559. The summed E-state index contributed by atoms with van der Waals surface area (Å²) in [4.78, 5) is 15.7. The van der Waals surface area contributed by atoms with Crippen molar-refractivity contribution in [1.82, 2.24) is 4.72 Å². The predicted molar refractivity (Wildman–Crippen MR) is 177 cm³/mol. The molecule has 9 heteroatoms. The topological polar surface area (TPSA) is 93.9 Å². The van der Waals surface area contributed by atoms with Crippen LogP contribution in [0.15, 0.2) is 48.6 Å². The SMILES string of the molecule is CCCc1cc(Cl)ccc1C1COc2ccc3cc2N(C1)CC(C)C(CC)[C@@](N)(OC)/C=C/CC(C)C(C)S(=O)NC3=O. The van der Waals surface area contributed by atoms with Crippen LogP contribution in [0.1, 0.15) is 81.3 Å². The van der Waals surface area contributed by atoms with Crippen LogP contribution >= 0.6 is 11.6 Å². The first-order valence-corrected chi connectivity index (χ1v) is 17.1. The highest BCUT2D eigenvalue weighted by molar-refractivity contribution is 7.84. The molecular formula is C34H48ClN3O4S. The summed E-state index contributed by atoms with van der Waals surface area (Å²) < 4.78 is 28.4. The van der Waals surface area contributed by atoms with E-state index in [2.05, 4.69) is 42.5 Å². The third-order valence-electron chi connectivity index (χ3n) is 9.29. The van der Waals surface area contributed by atoms with Crippen LogP contribution in [0.25, 0.3) is 0 Å². The van der Waals surface area contributed by atoms with E-state index in [1.165, 1.54) is 11.1 Å². The van der Waals surface area contributed by atoms with Crippen LogP contribution < -0.4 is 20.1 Å². The van der Waals surface area contributed by atoms with Gasteiger partial charge in [0.1, 0.15) is 22.5 Å². The molecule has 0 radical (unpaired) electrons. The number of hydrogen-bond donors (Lipinski definition) is 2. The summed E-state index contributed by atoms with van der Waals surface area (Å²) in [6.45, 7) is 12.4. The fourth-order valence-corrected chi connectivity index (χ4v) is 7.77. The molecule has 0 saturated carbocycles. The number of allylic oxidation sites excluding steroid dienone is 1. The van der Waals surface area contributed by atoms with E-state index in [0.717, 1.165) is 35.7 Å². The molecule has 2 heterocycles. The van der Waals surface area contributed by atoms with Crippen molar-refractivity contribution in [3.63, 3.8) is 0 Å². The fourth-order valence-electron chi connectivity index (χ4n) is 6.55. The number of aryl methyl sites for hydroxylation is 1. The van der Waals surface area contributed by atoms with Gasteiger partial charge in [0, 0.05) is 42.6 Å². The number of hydrogen-bond acceptors (Lipinski definition) is 6. The molecule has 43 heavy (non-hydrogen) atoms. The Morgan fingerprint density at radius 1 is 1.14 bits per heavy atom. The van der Waals surface area contributed by atoms with Gasteiger partial charge in [-0.15, -0.1) is 0 Å². The number of rotatable bonds is 5. The van der Waals surface area contributed by atoms with Crippen LogP contribution in [-0.4, -0.2) is 47.9 Å². The Hall–Kier alpha value is -2.39. The Labute approximate surface area is 265 Å². The monoisotopic (exact) mass is 629 g/mol. The third kappa shape index (κ3) is 7.64. The summed E-state index contributed by atoms with van der Waals surface area (Å²) in [6, 6.07) is 11.6. The zero-order valence-electron chi connectivity index (χ0n) is 26.4. The van der Waals surface area contributed by atoms with E-state index < -0.39 is 16.7 Å². The third-order valence-corrected chi connectivity index (χ3v) is 11.1. The lowest BCUT2D eigenvalue weighted by Crippen LogP contribution is -2.51. The van der Waals surface area contributed by atoms with Crippen molar-refractivity contribution in [2.45, 2.75) is 77.2 Å². The number of ether oxygens (including phenoxy) is 2. The zero-order chi connectivity index (χ0) is 31.3. The Balaban J connectivity index is 1.81. The molecule has 1 amide bonds. The van der Waals surface area contributed by atoms with Crippen LogP contribution in [0.3, 0.4) is 0 Å². The molecule has 2 aromatic carbocycles. The van der Waals surface area contributed by atoms with Gasteiger partial charge in [-0.3, -0.25) is 15.3 Å². The highest BCUT2D eigenvalue weighted by Crippen LogP contribution is 2.39. The van der Waals surface area contributed by atoms with Gasteiger partial charge in [-0.05, 0) is 85.6 Å². The van der Waals surface area contributed by atoms with E-state index in [4.69, 9.17) is 26.8 Å². The average molecular weight is 630 g/mol. The first kappa shape index (κ1) is 33.5. The van der Waals surface area contributed by atoms with Gasteiger partial charge in [0.2, 0.25) is 0 Å². The Morgan fingerprint density at radius 3 is 2.60 bits per heavy atom. The largest absolute Gasteiger partial charge is 0.491 e. The van der Waals surface area contributed by atoms with E-state index in [-0.39, 0.29) is 34.8 Å². The van der Waals surface area contributed by atoms with Crippen molar-refractivity contribution >= 4 is 34.2 Å². The van der Waals surface area contributed by atoms with Crippen LogP contribution in [0.2, 0.25) is 5.02 Å². The molecule has 236 valence electrons. The summed E-state index contributed by atoms with van der Waals surface area (Å²) in [5.74, 6) is 0.669. The van der Waals surface area contributed by atoms with Crippen molar-refractivity contribution in [2.24, 2.45) is 23.5 Å². The Bertz CT molecular complexity index is 1340. The number of carbonyl (C=O) groups is 1. The average Bonchev–Trinajstić information content (AvgIpc) is 3.15. The lowest BCUT2D eigenvalue weighted by atomic mass is 9.81. The quantitative estimate of drug-likeness (QED) is 0.285. The highest BCUT2D eigenvalue weighted by Gasteiger charge is 2.37. The van der Waals surface area contributed by atoms with Gasteiger partial charge in [0.15, 0.2) is 0 Å². The minimum atomic E-state index is -1.56. The number of benzene rings is 2. The number of amides is 1. The Kier molecular flexibility index (Phi) is 11.4. The number of halogens is 1. The van der Waals surface area contributed by atoms with Gasteiger partial charge in [-0.2, -0.15) is 0 Å². The van der Waals surface area contributed by atoms with Crippen molar-refractivity contribution in [3.8, 4) is 5.75 Å². The predicted octanol–water partition coefficient (Wildman–Crippen LogP) is 6.62. The first-order chi connectivity index (χ1) is 20.5. The molecule has 2 aliphatic heterocycles. The van der Waals surface area contributed by atoms with Gasteiger partial charge >= 0.3 is 0 Å². The standard InChI is InChI=1S/C34H48ClN3O4S/c1-7-10-25-17-28(35)13-14-29(25)27-20-38-19-23(4)30(8-2)34(36,41-6)16-9-11-22(3)24(5)43(40)37-33(39)26-12-15-32(42-21-27)31(38)18-26/h9,12-18,22-24,27,30H,7-8,10-11,19-21,36H2,1-6H3,(H,37,39)/b16-9+/t22?,23?,24?,27?,30?,34-,43?/m0/s1. The maximum Gasteiger partial charge on any atom is 0.263 e. The van der Waals surface area contributed by atoms with E-state index in [9.17, 15) is 9.00 Å². The van der Waals surface area contributed by atoms with Crippen LogP contribution in [0, 0.1) is 17.8 Å². The summed E-state index contributed by atoms with van der Waals surface area (Å²) in [6.07, 6.45) is 7.45. The van der Waals surface area contributed by atoms with E-state index in [0.29, 0.717) is 31.7 Å². The normalized spacial score (nSPS) is 31.1. The molecule has 0 fully saturated rings. The molecule has 3 N–H and O–H groups in total. The number of nitrogens with one attached hydrogen (secondary N) is 1. The lowest BCUT2D eigenvalue weighted by Gasteiger charge is -2.40. The molecule has 0 saturated heterocycles. The number of anilines is 1. The number of carbonyl (C=O) groups excluding carboxylic acids is 1. The van der Waals surface area contributed by atoms with E-state index >= 15 is 0 Å². The van der Waals surface area contributed by atoms with Crippen LogP contribution in [-0.2, 0) is 22.1 Å². The second kappa shape index (κ2) is 14.6. The Morgan fingerprint density at radius 2 is 1.91 bits per heavy atom.